The van der Waals surface area contributed by atoms with Gasteiger partial charge in [-0.1, -0.05) is 13.8 Å². The molecule has 2 N–H and O–H groups in total. The zero-order valence-corrected chi connectivity index (χ0v) is 8.40. The van der Waals surface area contributed by atoms with Crippen molar-refractivity contribution in [3.63, 3.8) is 0 Å². The van der Waals surface area contributed by atoms with Crippen LogP contribution in [-0.2, 0) is 0 Å². The van der Waals surface area contributed by atoms with Gasteiger partial charge in [0.15, 0.2) is 0 Å². The van der Waals surface area contributed by atoms with Crippen molar-refractivity contribution in [3.05, 3.63) is 0 Å². The molecule has 2 heteroatoms. The Bertz CT molecular complexity index is 106. The van der Waals surface area contributed by atoms with E-state index in [1.807, 2.05) is 0 Å². The maximum atomic E-state index is 3.45. The fourth-order valence-corrected chi connectivity index (χ4v) is 1.74. The Morgan fingerprint density at radius 2 is 2.33 bits per heavy atom. The van der Waals surface area contributed by atoms with Crippen molar-refractivity contribution in [1.29, 1.82) is 0 Å². The molecule has 1 aliphatic rings. The minimum atomic E-state index is 0.645. The first-order chi connectivity index (χ1) is 5.79. The van der Waals surface area contributed by atoms with Gasteiger partial charge in [0.05, 0.1) is 0 Å². The van der Waals surface area contributed by atoms with E-state index < -0.39 is 0 Å². The Morgan fingerprint density at radius 1 is 1.50 bits per heavy atom. The van der Waals surface area contributed by atoms with Crippen LogP contribution in [0.2, 0.25) is 0 Å². The summed E-state index contributed by atoms with van der Waals surface area (Å²) in [6, 6.07) is 0.645. The highest BCUT2D eigenvalue weighted by Crippen LogP contribution is 2.13. The first-order valence-corrected chi connectivity index (χ1v) is 5.23. The van der Waals surface area contributed by atoms with Gasteiger partial charge in [-0.05, 0) is 44.8 Å². The van der Waals surface area contributed by atoms with Crippen molar-refractivity contribution in [3.8, 4) is 0 Å². The first kappa shape index (κ1) is 10.0. The zero-order chi connectivity index (χ0) is 8.81. The van der Waals surface area contributed by atoms with Gasteiger partial charge in [-0.15, -0.1) is 0 Å². The van der Waals surface area contributed by atoms with Crippen LogP contribution in [0.1, 0.15) is 33.1 Å². The Morgan fingerprint density at radius 3 is 2.92 bits per heavy atom. The highest BCUT2D eigenvalue weighted by molar-refractivity contribution is 4.71. The Balaban J connectivity index is 1.88. The van der Waals surface area contributed by atoms with Gasteiger partial charge < -0.3 is 10.6 Å². The predicted molar refractivity (Wildman–Crippen MR) is 53.3 cm³/mol. The summed E-state index contributed by atoms with van der Waals surface area (Å²) >= 11 is 0. The van der Waals surface area contributed by atoms with Gasteiger partial charge in [0.1, 0.15) is 0 Å². The molecule has 2 nitrogen and oxygen atoms in total. The van der Waals surface area contributed by atoms with Crippen molar-refractivity contribution >= 4 is 0 Å². The quantitative estimate of drug-likeness (QED) is 0.609. The summed E-state index contributed by atoms with van der Waals surface area (Å²) < 4.78 is 0. The molecule has 72 valence electrons. The highest BCUT2D eigenvalue weighted by Gasteiger charge is 2.12. The standard InChI is InChI=1S/C10H22N2/c1-9(2)12-6-3-4-10-5-7-11-8-10/h9-12H,3-8H2,1-2H3. The van der Waals surface area contributed by atoms with Crippen LogP contribution in [-0.4, -0.2) is 25.7 Å². The molecule has 1 unspecified atom stereocenters. The molecular formula is C10H22N2. The van der Waals surface area contributed by atoms with Crippen molar-refractivity contribution in [2.24, 2.45) is 5.92 Å². The third kappa shape index (κ3) is 4.07. The van der Waals surface area contributed by atoms with E-state index in [1.54, 1.807) is 0 Å². The summed E-state index contributed by atoms with van der Waals surface area (Å²) in [5.41, 5.74) is 0. The van der Waals surface area contributed by atoms with Crippen LogP contribution in [0, 0.1) is 5.92 Å². The number of hydrogen-bond acceptors (Lipinski definition) is 2. The summed E-state index contributed by atoms with van der Waals surface area (Å²) in [7, 11) is 0. The van der Waals surface area contributed by atoms with Gasteiger partial charge in [0.25, 0.3) is 0 Å². The van der Waals surface area contributed by atoms with Crippen molar-refractivity contribution in [1.82, 2.24) is 10.6 Å². The van der Waals surface area contributed by atoms with Crippen molar-refractivity contribution in [2.45, 2.75) is 39.2 Å². The molecule has 1 fully saturated rings. The van der Waals surface area contributed by atoms with Crippen LogP contribution in [0.25, 0.3) is 0 Å². The number of hydrogen-bond donors (Lipinski definition) is 2. The molecule has 1 rings (SSSR count). The number of nitrogens with one attached hydrogen (secondary N) is 2. The molecule has 0 saturated carbocycles. The maximum absolute atomic E-state index is 3.45. The van der Waals surface area contributed by atoms with E-state index in [4.69, 9.17) is 0 Å². The molecule has 12 heavy (non-hydrogen) atoms. The molecule has 1 atom stereocenters. The molecule has 0 amide bonds. The van der Waals surface area contributed by atoms with Crippen LogP contribution >= 0.6 is 0 Å². The zero-order valence-electron chi connectivity index (χ0n) is 8.40. The Kier molecular flexibility index (Phi) is 4.62. The smallest absolute Gasteiger partial charge is 0.00103 e. The molecule has 0 aliphatic carbocycles. The van der Waals surface area contributed by atoms with Gasteiger partial charge in [-0.3, -0.25) is 0 Å². The lowest BCUT2D eigenvalue weighted by Crippen LogP contribution is -2.24. The predicted octanol–water partition coefficient (Wildman–Crippen LogP) is 1.37. The molecule has 1 saturated heterocycles. The second-order valence-corrected chi connectivity index (χ2v) is 4.11. The molecular weight excluding hydrogens is 148 g/mol. The average Bonchev–Trinajstić information content (AvgIpc) is 2.49. The second kappa shape index (κ2) is 5.55. The molecule has 0 aromatic heterocycles. The third-order valence-corrected chi connectivity index (χ3v) is 2.50. The number of rotatable bonds is 5. The van der Waals surface area contributed by atoms with Crippen LogP contribution < -0.4 is 10.6 Å². The van der Waals surface area contributed by atoms with Crippen LogP contribution in [0.15, 0.2) is 0 Å². The van der Waals surface area contributed by atoms with E-state index in [9.17, 15) is 0 Å². The van der Waals surface area contributed by atoms with Crippen LogP contribution in [0.4, 0.5) is 0 Å². The second-order valence-electron chi connectivity index (χ2n) is 4.11. The lowest BCUT2D eigenvalue weighted by molar-refractivity contribution is 0.477. The topological polar surface area (TPSA) is 24.1 Å². The lowest BCUT2D eigenvalue weighted by atomic mass is 10.0. The summed E-state index contributed by atoms with van der Waals surface area (Å²) in [6.07, 6.45) is 4.12. The lowest BCUT2D eigenvalue weighted by Gasteiger charge is -2.10. The molecule has 0 radical (unpaired) electrons. The Labute approximate surface area is 76.1 Å². The van der Waals surface area contributed by atoms with E-state index in [2.05, 4.69) is 24.5 Å². The monoisotopic (exact) mass is 170 g/mol. The van der Waals surface area contributed by atoms with Crippen molar-refractivity contribution < 1.29 is 0 Å². The molecule has 0 aromatic rings. The van der Waals surface area contributed by atoms with E-state index in [0.717, 1.165) is 5.92 Å². The summed E-state index contributed by atoms with van der Waals surface area (Å²) in [6.45, 7) is 8.09. The summed E-state index contributed by atoms with van der Waals surface area (Å²) in [5.74, 6) is 0.957. The van der Waals surface area contributed by atoms with E-state index >= 15 is 0 Å². The maximum Gasteiger partial charge on any atom is 0.00103 e. The van der Waals surface area contributed by atoms with E-state index in [0.29, 0.717) is 6.04 Å². The highest BCUT2D eigenvalue weighted by atomic mass is 14.9. The van der Waals surface area contributed by atoms with Crippen LogP contribution in [0.3, 0.4) is 0 Å². The fourth-order valence-electron chi connectivity index (χ4n) is 1.74. The van der Waals surface area contributed by atoms with Gasteiger partial charge in [-0.25, -0.2) is 0 Å². The summed E-state index contributed by atoms with van der Waals surface area (Å²) in [4.78, 5) is 0. The van der Waals surface area contributed by atoms with E-state index in [-0.39, 0.29) is 0 Å². The van der Waals surface area contributed by atoms with Crippen molar-refractivity contribution in [2.75, 3.05) is 19.6 Å². The largest absolute Gasteiger partial charge is 0.316 e. The van der Waals surface area contributed by atoms with E-state index in [1.165, 1.54) is 38.9 Å². The van der Waals surface area contributed by atoms with Crippen LogP contribution in [0.5, 0.6) is 0 Å². The molecule has 0 bridgehead atoms. The molecule has 0 spiro atoms. The van der Waals surface area contributed by atoms with Gasteiger partial charge in [0.2, 0.25) is 0 Å². The fraction of sp³-hybridized carbons (Fsp3) is 1.00. The average molecular weight is 170 g/mol. The molecule has 0 aromatic carbocycles. The SMILES string of the molecule is CC(C)NCCCC1CCNC1. The first-order valence-electron chi connectivity index (χ1n) is 5.23. The molecule has 1 heterocycles. The minimum Gasteiger partial charge on any atom is -0.316 e. The molecule has 1 aliphatic heterocycles. The third-order valence-electron chi connectivity index (χ3n) is 2.50. The van der Waals surface area contributed by atoms with Gasteiger partial charge in [0, 0.05) is 6.04 Å². The summed E-state index contributed by atoms with van der Waals surface area (Å²) in [5, 5.41) is 6.85. The van der Waals surface area contributed by atoms with Gasteiger partial charge in [-0.2, -0.15) is 0 Å². The van der Waals surface area contributed by atoms with Gasteiger partial charge >= 0.3 is 0 Å². The minimum absolute atomic E-state index is 0.645. The Hall–Kier alpha value is -0.0800. The normalized spacial score (nSPS) is 23.8.